The number of esters is 1. The van der Waals surface area contributed by atoms with Crippen molar-refractivity contribution in [1.82, 2.24) is 0 Å². The lowest BCUT2D eigenvalue weighted by Crippen LogP contribution is -2.11. The third-order valence-corrected chi connectivity index (χ3v) is 2.30. The van der Waals surface area contributed by atoms with Crippen LogP contribution in [-0.4, -0.2) is 33.4 Å². The first kappa shape index (κ1) is 14.7. The van der Waals surface area contributed by atoms with E-state index in [9.17, 15) is 4.79 Å². The van der Waals surface area contributed by atoms with Gasteiger partial charge in [0.2, 0.25) is 0 Å². The van der Waals surface area contributed by atoms with E-state index in [0.717, 1.165) is 0 Å². The van der Waals surface area contributed by atoms with E-state index in [1.807, 2.05) is 6.07 Å². The van der Waals surface area contributed by atoms with Gasteiger partial charge in [-0.3, -0.25) is 0 Å². The van der Waals surface area contributed by atoms with E-state index >= 15 is 0 Å². The highest BCUT2D eigenvalue weighted by Gasteiger charge is 2.11. The molecule has 5 nitrogen and oxygen atoms in total. The van der Waals surface area contributed by atoms with Gasteiger partial charge in [0, 0.05) is 12.7 Å². The minimum Gasteiger partial charge on any atom is -0.496 e. The molecule has 0 bridgehead atoms. The predicted octanol–water partition coefficient (Wildman–Crippen LogP) is 1.79. The second-order valence-corrected chi connectivity index (χ2v) is 3.54. The first-order valence-corrected chi connectivity index (χ1v) is 5.63. The molecule has 1 rings (SSSR count). The molecule has 0 saturated heterocycles. The zero-order valence-electron chi connectivity index (χ0n) is 10.9. The Bertz CT molecular complexity index is 502. The van der Waals surface area contributed by atoms with Crippen molar-refractivity contribution in [3.8, 4) is 11.8 Å². The Kier molecular flexibility index (Phi) is 6.13. The number of methoxy groups -OCH3 is 2. The number of para-hydroxylation sites is 1. The Morgan fingerprint density at radius 1 is 1.32 bits per heavy atom. The van der Waals surface area contributed by atoms with E-state index in [4.69, 9.17) is 19.5 Å². The Hall–Kier alpha value is -2.32. The van der Waals surface area contributed by atoms with Crippen LogP contribution in [0.15, 0.2) is 29.8 Å². The summed E-state index contributed by atoms with van der Waals surface area (Å²) in [5.41, 5.74) is 0.561. The maximum atomic E-state index is 11.6. The number of carbonyl (C=O) groups excluding carboxylic acids is 1. The van der Waals surface area contributed by atoms with Crippen LogP contribution < -0.4 is 4.74 Å². The van der Waals surface area contributed by atoms with Gasteiger partial charge in [0.15, 0.2) is 0 Å². The number of rotatable bonds is 6. The number of nitriles is 1. The zero-order valence-corrected chi connectivity index (χ0v) is 10.9. The van der Waals surface area contributed by atoms with Crippen LogP contribution in [0.3, 0.4) is 0 Å². The van der Waals surface area contributed by atoms with Crippen molar-refractivity contribution in [2.24, 2.45) is 0 Å². The van der Waals surface area contributed by atoms with Crippen molar-refractivity contribution in [1.29, 1.82) is 5.26 Å². The van der Waals surface area contributed by atoms with Gasteiger partial charge in [0.1, 0.15) is 24.0 Å². The molecule has 0 heterocycles. The first-order valence-electron chi connectivity index (χ1n) is 5.63. The van der Waals surface area contributed by atoms with E-state index in [1.165, 1.54) is 20.3 Å². The summed E-state index contributed by atoms with van der Waals surface area (Å²) in [5, 5.41) is 8.99. The average Bonchev–Trinajstić information content (AvgIpc) is 2.45. The minimum absolute atomic E-state index is 0.0828. The van der Waals surface area contributed by atoms with E-state index in [2.05, 4.69) is 0 Å². The van der Waals surface area contributed by atoms with Crippen LogP contribution in [0.4, 0.5) is 0 Å². The second-order valence-electron chi connectivity index (χ2n) is 3.54. The molecule has 0 aliphatic rings. The van der Waals surface area contributed by atoms with Gasteiger partial charge in [0.25, 0.3) is 0 Å². The van der Waals surface area contributed by atoms with E-state index in [0.29, 0.717) is 17.9 Å². The van der Waals surface area contributed by atoms with Crippen LogP contribution >= 0.6 is 0 Å². The lowest BCUT2D eigenvalue weighted by molar-refractivity contribution is -0.139. The van der Waals surface area contributed by atoms with Crippen LogP contribution in [0.1, 0.15) is 5.56 Å². The molecule has 0 spiro atoms. The lowest BCUT2D eigenvalue weighted by Gasteiger charge is -2.05. The maximum Gasteiger partial charge on any atom is 0.348 e. The molecule has 100 valence electrons. The molecule has 0 unspecified atom stereocenters. The van der Waals surface area contributed by atoms with Gasteiger partial charge in [0.05, 0.1) is 13.7 Å². The quantitative estimate of drug-likeness (QED) is 0.338. The minimum atomic E-state index is -0.676. The van der Waals surface area contributed by atoms with Gasteiger partial charge in [-0.05, 0) is 12.1 Å². The topological polar surface area (TPSA) is 68.5 Å². The van der Waals surface area contributed by atoms with Gasteiger partial charge < -0.3 is 14.2 Å². The fourth-order valence-corrected chi connectivity index (χ4v) is 1.37. The van der Waals surface area contributed by atoms with Gasteiger partial charge in [-0.15, -0.1) is 0 Å². The Morgan fingerprint density at radius 3 is 2.68 bits per heavy atom. The molecule has 0 amide bonds. The lowest BCUT2D eigenvalue weighted by atomic mass is 10.1. The largest absolute Gasteiger partial charge is 0.496 e. The standard InChI is InChI=1S/C14H15NO4/c1-17-7-8-19-14(16)12(10-15)9-11-5-3-4-6-13(11)18-2/h3-6,9H,7-8H2,1-2H3. The molecule has 19 heavy (non-hydrogen) atoms. The fraction of sp³-hybridized carbons (Fsp3) is 0.286. The van der Waals surface area contributed by atoms with E-state index in [1.54, 1.807) is 24.3 Å². The SMILES string of the molecule is COCCOC(=O)C(C#N)=Cc1ccccc1OC. The number of carbonyl (C=O) groups is 1. The summed E-state index contributed by atoms with van der Waals surface area (Å²) in [5.74, 6) is -0.0922. The van der Waals surface area contributed by atoms with Crippen LogP contribution in [0.25, 0.3) is 6.08 Å². The predicted molar refractivity (Wildman–Crippen MR) is 69.4 cm³/mol. The molecular formula is C14H15NO4. The van der Waals surface area contributed by atoms with Gasteiger partial charge in [-0.2, -0.15) is 5.26 Å². The smallest absolute Gasteiger partial charge is 0.348 e. The summed E-state index contributed by atoms with van der Waals surface area (Å²) in [4.78, 5) is 11.6. The van der Waals surface area contributed by atoms with Crippen molar-refractivity contribution < 1.29 is 19.0 Å². The van der Waals surface area contributed by atoms with Gasteiger partial charge in [-0.1, -0.05) is 18.2 Å². The molecule has 0 saturated carbocycles. The average molecular weight is 261 g/mol. The van der Waals surface area contributed by atoms with Crippen LogP contribution in [0.5, 0.6) is 5.75 Å². The van der Waals surface area contributed by atoms with Crippen LogP contribution in [0, 0.1) is 11.3 Å². The molecule has 0 aliphatic carbocycles. The molecule has 0 atom stereocenters. The highest BCUT2D eigenvalue weighted by atomic mass is 16.6. The van der Waals surface area contributed by atoms with E-state index in [-0.39, 0.29) is 12.2 Å². The zero-order chi connectivity index (χ0) is 14.1. The maximum absolute atomic E-state index is 11.6. The molecule has 0 N–H and O–H groups in total. The third kappa shape index (κ3) is 4.45. The Morgan fingerprint density at radius 2 is 2.05 bits per heavy atom. The molecule has 1 aromatic carbocycles. The number of nitrogens with zero attached hydrogens (tertiary/aromatic N) is 1. The number of benzene rings is 1. The summed E-state index contributed by atoms with van der Waals surface area (Å²) in [7, 11) is 3.03. The Balaban J connectivity index is 2.87. The molecule has 0 radical (unpaired) electrons. The summed E-state index contributed by atoms with van der Waals surface area (Å²) in [6.07, 6.45) is 1.44. The number of hydrogen-bond donors (Lipinski definition) is 0. The van der Waals surface area contributed by atoms with Gasteiger partial charge in [-0.25, -0.2) is 4.79 Å². The third-order valence-electron chi connectivity index (χ3n) is 2.30. The van der Waals surface area contributed by atoms with Crippen molar-refractivity contribution in [2.45, 2.75) is 0 Å². The van der Waals surface area contributed by atoms with Crippen molar-refractivity contribution in [3.63, 3.8) is 0 Å². The van der Waals surface area contributed by atoms with Crippen molar-refractivity contribution in [3.05, 3.63) is 35.4 Å². The van der Waals surface area contributed by atoms with Crippen molar-refractivity contribution >= 4 is 12.0 Å². The highest BCUT2D eigenvalue weighted by Crippen LogP contribution is 2.20. The molecular weight excluding hydrogens is 246 g/mol. The summed E-state index contributed by atoms with van der Waals surface area (Å²) >= 11 is 0. The fourth-order valence-electron chi connectivity index (χ4n) is 1.37. The number of ether oxygens (including phenoxy) is 3. The summed E-state index contributed by atoms with van der Waals surface area (Å²) < 4.78 is 14.8. The monoisotopic (exact) mass is 261 g/mol. The second kappa shape index (κ2) is 7.90. The first-order chi connectivity index (χ1) is 9.22. The molecule has 1 aromatic rings. The van der Waals surface area contributed by atoms with Crippen molar-refractivity contribution in [2.75, 3.05) is 27.4 Å². The molecule has 0 fully saturated rings. The summed E-state index contributed by atoms with van der Waals surface area (Å²) in [6, 6.07) is 8.91. The molecule has 0 aromatic heterocycles. The normalized spacial score (nSPS) is 10.7. The highest BCUT2D eigenvalue weighted by molar-refractivity contribution is 5.98. The number of hydrogen-bond acceptors (Lipinski definition) is 5. The van der Waals surface area contributed by atoms with Crippen LogP contribution in [0.2, 0.25) is 0 Å². The summed E-state index contributed by atoms with van der Waals surface area (Å²) in [6.45, 7) is 0.402. The Labute approximate surface area is 112 Å². The molecule has 5 heteroatoms. The van der Waals surface area contributed by atoms with E-state index < -0.39 is 5.97 Å². The van der Waals surface area contributed by atoms with Crippen LogP contribution in [-0.2, 0) is 14.3 Å². The van der Waals surface area contributed by atoms with Gasteiger partial charge >= 0.3 is 5.97 Å². The molecule has 0 aliphatic heterocycles.